The Balaban J connectivity index is 1.21. The summed E-state index contributed by atoms with van der Waals surface area (Å²) in [6.07, 6.45) is 13.9. The van der Waals surface area contributed by atoms with Crippen LogP contribution in [0.4, 0.5) is 11.4 Å². The third-order valence-corrected chi connectivity index (χ3v) is 11.0. The van der Waals surface area contributed by atoms with E-state index in [9.17, 15) is 0 Å². The first-order valence-corrected chi connectivity index (χ1v) is 19.2. The van der Waals surface area contributed by atoms with Gasteiger partial charge in [0.25, 0.3) is 0 Å². The molecule has 5 aromatic carbocycles. The molecule has 57 heavy (non-hydrogen) atoms. The van der Waals surface area contributed by atoms with Crippen molar-refractivity contribution in [3.8, 4) is 22.8 Å². The molecule has 274 valence electrons. The lowest BCUT2D eigenvalue weighted by Gasteiger charge is -2.33. The van der Waals surface area contributed by atoms with Crippen LogP contribution < -0.4 is 10.6 Å². The van der Waals surface area contributed by atoms with Gasteiger partial charge >= 0.3 is 0 Å². The SMILES string of the molecule is CC(/C=C(\N=C(N)n1c2c(c3cc(-c4ncccn4)ccc31)C=CC1c3cc(-c4ncccn4)ccc3N(c3ccccc3)C21)c1ccccc1)c1ccccc1. The fourth-order valence-corrected chi connectivity index (χ4v) is 8.40. The first-order valence-electron chi connectivity index (χ1n) is 19.2. The van der Waals surface area contributed by atoms with Crippen molar-refractivity contribution < 1.29 is 0 Å². The normalized spacial score (nSPS) is 16.6. The number of fused-ring (bicyclic) bond motifs is 7. The first kappa shape index (κ1) is 34.1. The van der Waals surface area contributed by atoms with E-state index < -0.39 is 0 Å². The fraction of sp³-hybridized carbons (Fsp3) is 0.0816. The average molecular weight is 739 g/mol. The van der Waals surface area contributed by atoms with Crippen molar-refractivity contribution in [1.82, 2.24) is 24.5 Å². The van der Waals surface area contributed by atoms with E-state index in [-0.39, 0.29) is 17.9 Å². The van der Waals surface area contributed by atoms with Crippen LogP contribution in [0.15, 0.2) is 181 Å². The first-order chi connectivity index (χ1) is 28.1. The number of nitrogens with zero attached hydrogens (tertiary/aromatic N) is 7. The van der Waals surface area contributed by atoms with E-state index in [0.717, 1.165) is 55.9 Å². The maximum atomic E-state index is 7.39. The number of benzene rings is 5. The molecule has 8 nitrogen and oxygen atoms in total. The molecule has 0 spiro atoms. The number of allylic oxidation sites excluding steroid dienone is 1. The Kier molecular flexibility index (Phi) is 8.56. The van der Waals surface area contributed by atoms with E-state index in [1.807, 2.05) is 36.4 Å². The van der Waals surface area contributed by atoms with Crippen molar-refractivity contribution >= 4 is 40.0 Å². The second-order valence-corrected chi connectivity index (χ2v) is 14.4. The molecule has 0 bridgehead atoms. The second-order valence-electron chi connectivity index (χ2n) is 14.4. The molecule has 0 radical (unpaired) electrons. The minimum atomic E-state index is -0.153. The molecule has 10 rings (SSSR count). The van der Waals surface area contributed by atoms with E-state index in [2.05, 4.69) is 158 Å². The molecule has 0 saturated carbocycles. The van der Waals surface area contributed by atoms with Gasteiger partial charge in [-0.15, -0.1) is 0 Å². The molecule has 8 aromatic rings. The molecule has 3 aromatic heterocycles. The second kappa shape index (κ2) is 14.3. The Morgan fingerprint density at radius 2 is 1.32 bits per heavy atom. The highest BCUT2D eigenvalue weighted by atomic mass is 15.3. The predicted molar refractivity (Wildman–Crippen MR) is 230 cm³/mol. The van der Waals surface area contributed by atoms with E-state index in [1.165, 1.54) is 11.1 Å². The summed E-state index contributed by atoms with van der Waals surface area (Å²) in [6.45, 7) is 2.20. The molecule has 1 aliphatic carbocycles. The van der Waals surface area contributed by atoms with Crippen molar-refractivity contribution in [1.29, 1.82) is 0 Å². The highest BCUT2D eigenvalue weighted by Crippen LogP contribution is 2.57. The van der Waals surface area contributed by atoms with Crippen molar-refractivity contribution in [2.45, 2.75) is 24.8 Å². The van der Waals surface area contributed by atoms with Crippen LogP contribution in [0, 0.1) is 0 Å². The topological polar surface area (TPSA) is 98.1 Å². The zero-order valence-electron chi connectivity index (χ0n) is 31.3. The summed E-state index contributed by atoms with van der Waals surface area (Å²) in [5, 5.41) is 1.05. The number of para-hydroxylation sites is 1. The highest BCUT2D eigenvalue weighted by Gasteiger charge is 2.44. The number of aromatic nitrogens is 5. The van der Waals surface area contributed by atoms with Crippen molar-refractivity contribution in [3.63, 3.8) is 0 Å². The van der Waals surface area contributed by atoms with Gasteiger partial charge in [0.15, 0.2) is 11.6 Å². The Labute approximate surface area is 331 Å². The van der Waals surface area contributed by atoms with Gasteiger partial charge in [-0.3, -0.25) is 4.57 Å². The zero-order chi connectivity index (χ0) is 38.3. The van der Waals surface area contributed by atoms with Gasteiger partial charge < -0.3 is 10.6 Å². The van der Waals surface area contributed by atoms with Gasteiger partial charge in [0.1, 0.15) is 0 Å². The van der Waals surface area contributed by atoms with Crippen LogP contribution in [0.25, 0.3) is 45.5 Å². The van der Waals surface area contributed by atoms with Crippen LogP contribution in [0.3, 0.4) is 0 Å². The zero-order valence-corrected chi connectivity index (χ0v) is 31.3. The number of aliphatic imine (C=N–C) groups is 1. The molecule has 0 amide bonds. The van der Waals surface area contributed by atoms with Crippen molar-refractivity contribution in [2.75, 3.05) is 4.90 Å². The van der Waals surface area contributed by atoms with Crippen LogP contribution in [-0.2, 0) is 0 Å². The summed E-state index contributed by atoms with van der Waals surface area (Å²) < 4.78 is 2.18. The maximum absolute atomic E-state index is 7.39. The summed E-state index contributed by atoms with van der Waals surface area (Å²) in [7, 11) is 0. The van der Waals surface area contributed by atoms with E-state index >= 15 is 0 Å². The summed E-state index contributed by atoms with van der Waals surface area (Å²) >= 11 is 0. The molecule has 1 aliphatic heterocycles. The van der Waals surface area contributed by atoms with Crippen LogP contribution in [0.5, 0.6) is 0 Å². The van der Waals surface area contributed by atoms with Crippen molar-refractivity contribution in [3.05, 3.63) is 204 Å². The predicted octanol–water partition coefficient (Wildman–Crippen LogP) is 10.6. The number of anilines is 2. The summed E-state index contributed by atoms with van der Waals surface area (Å²) in [5.74, 6) is 1.83. The largest absolute Gasteiger partial charge is 0.369 e. The van der Waals surface area contributed by atoms with Crippen LogP contribution in [-0.4, -0.2) is 30.5 Å². The third kappa shape index (κ3) is 6.08. The monoisotopic (exact) mass is 738 g/mol. The van der Waals surface area contributed by atoms with Gasteiger partial charge in [0.05, 0.1) is 22.9 Å². The van der Waals surface area contributed by atoms with Gasteiger partial charge in [-0.1, -0.05) is 104 Å². The van der Waals surface area contributed by atoms with Crippen molar-refractivity contribution in [2.24, 2.45) is 10.7 Å². The summed E-state index contributed by atoms with van der Waals surface area (Å²) in [4.78, 5) is 26.2. The van der Waals surface area contributed by atoms with E-state index in [4.69, 9.17) is 10.7 Å². The highest BCUT2D eigenvalue weighted by molar-refractivity contribution is 6.04. The molecule has 4 heterocycles. The molecular weight excluding hydrogens is 701 g/mol. The quantitative estimate of drug-likeness (QED) is 0.129. The molecule has 3 atom stereocenters. The molecular formula is C49H38N8. The molecule has 0 fully saturated rings. The van der Waals surface area contributed by atoms with Gasteiger partial charge in [0.2, 0.25) is 5.96 Å². The van der Waals surface area contributed by atoms with Crippen LogP contribution in [0.1, 0.15) is 52.7 Å². The minimum absolute atomic E-state index is 0.00797. The Bertz CT molecular complexity index is 2810. The minimum Gasteiger partial charge on any atom is -0.369 e. The average Bonchev–Trinajstić information content (AvgIpc) is 3.80. The molecule has 8 heteroatoms. The molecule has 2 N–H and O–H groups in total. The smallest absolute Gasteiger partial charge is 0.205 e. The van der Waals surface area contributed by atoms with Gasteiger partial charge in [-0.05, 0) is 77.4 Å². The third-order valence-electron chi connectivity index (χ3n) is 11.0. The number of hydrogen-bond donors (Lipinski definition) is 1. The van der Waals surface area contributed by atoms with Crippen LogP contribution >= 0.6 is 0 Å². The van der Waals surface area contributed by atoms with E-state index in [1.54, 1.807) is 24.8 Å². The summed E-state index contributed by atoms with van der Waals surface area (Å²) in [6, 6.07) is 47.9. The Morgan fingerprint density at radius 3 is 2.00 bits per heavy atom. The molecule has 0 saturated heterocycles. The summed E-state index contributed by atoms with van der Waals surface area (Å²) in [5.41, 5.74) is 18.8. The molecule has 2 aliphatic rings. The lowest BCUT2D eigenvalue weighted by molar-refractivity contribution is 0.641. The molecule has 3 unspecified atom stereocenters. The standard InChI is InChI=1S/C49H38N8/c1-32(33-13-5-2-6-14-33)29-42(34-15-7-3-8-16-34)55-49(50)57-44-24-20-36(48-53-27-12-28-54-48)31-41(44)39-22-21-38-40-30-35(47-51-25-11-26-52-47)19-23-43(40)56(45(38)46(39)57)37-17-9-4-10-18-37/h2-32,38,45H,1H3,(H2,50,55)/b42-29-. The lowest BCUT2D eigenvalue weighted by atomic mass is 9.85. The van der Waals surface area contributed by atoms with Crippen LogP contribution in [0.2, 0.25) is 0 Å². The lowest BCUT2D eigenvalue weighted by Crippen LogP contribution is -2.31. The number of nitrogens with two attached hydrogens (primary N) is 1. The van der Waals surface area contributed by atoms with Gasteiger partial charge in [-0.25, -0.2) is 24.9 Å². The number of hydrogen-bond acceptors (Lipinski definition) is 6. The number of rotatable bonds is 7. The maximum Gasteiger partial charge on any atom is 0.205 e. The van der Waals surface area contributed by atoms with E-state index in [0.29, 0.717) is 17.6 Å². The Hall–Kier alpha value is -7.45. The Morgan fingerprint density at radius 1 is 0.702 bits per heavy atom. The van der Waals surface area contributed by atoms with Gasteiger partial charge in [-0.2, -0.15) is 0 Å². The van der Waals surface area contributed by atoms with Gasteiger partial charge in [0, 0.05) is 70.1 Å². The fourth-order valence-electron chi connectivity index (χ4n) is 8.40.